The Hall–Kier alpha value is -1.57. The minimum atomic E-state index is 0.711. The standard InChI is InChI=1S/C14H18N4/c15-9-12-1-3-13(4-2-12)18-10-14(11-18)17-7-5-16-6-8-17/h1-4,14,16H,5-8,10-11H2. The monoisotopic (exact) mass is 242 g/mol. The average molecular weight is 242 g/mol. The smallest absolute Gasteiger partial charge is 0.0991 e. The van der Waals surface area contributed by atoms with Crippen LogP contribution in [0.25, 0.3) is 0 Å². The summed E-state index contributed by atoms with van der Waals surface area (Å²) in [6, 6.07) is 10.8. The number of hydrogen-bond donors (Lipinski definition) is 1. The van der Waals surface area contributed by atoms with Crippen molar-refractivity contribution in [3.63, 3.8) is 0 Å². The zero-order valence-corrected chi connectivity index (χ0v) is 10.5. The molecule has 0 amide bonds. The van der Waals surface area contributed by atoms with E-state index in [1.807, 2.05) is 24.3 Å². The van der Waals surface area contributed by atoms with E-state index in [0.29, 0.717) is 6.04 Å². The van der Waals surface area contributed by atoms with Gasteiger partial charge in [0.1, 0.15) is 0 Å². The molecule has 0 aromatic heterocycles. The van der Waals surface area contributed by atoms with E-state index >= 15 is 0 Å². The second-order valence-corrected chi connectivity index (χ2v) is 5.00. The Balaban J connectivity index is 1.56. The van der Waals surface area contributed by atoms with Crippen LogP contribution in [0.4, 0.5) is 5.69 Å². The van der Waals surface area contributed by atoms with Crippen LogP contribution in [-0.2, 0) is 0 Å². The SMILES string of the molecule is N#Cc1ccc(N2CC(N3CCNCC3)C2)cc1. The summed E-state index contributed by atoms with van der Waals surface area (Å²) in [7, 11) is 0. The van der Waals surface area contributed by atoms with Gasteiger partial charge in [-0.25, -0.2) is 0 Å². The number of hydrogen-bond acceptors (Lipinski definition) is 4. The molecule has 0 saturated carbocycles. The van der Waals surface area contributed by atoms with E-state index in [2.05, 4.69) is 21.2 Å². The predicted octanol–water partition coefficient (Wildman–Crippen LogP) is 0.652. The number of nitriles is 1. The van der Waals surface area contributed by atoms with Crippen LogP contribution in [0, 0.1) is 11.3 Å². The molecule has 0 atom stereocenters. The third kappa shape index (κ3) is 2.20. The third-order valence-corrected chi connectivity index (χ3v) is 3.89. The molecule has 0 bridgehead atoms. The van der Waals surface area contributed by atoms with E-state index < -0.39 is 0 Å². The van der Waals surface area contributed by atoms with Gasteiger partial charge in [-0.1, -0.05) is 0 Å². The van der Waals surface area contributed by atoms with Crippen molar-refractivity contribution in [2.75, 3.05) is 44.2 Å². The molecule has 0 radical (unpaired) electrons. The summed E-state index contributed by atoms with van der Waals surface area (Å²) in [5.41, 5.74) is 1.97. The van der Waals surface area contributed by atoms with Gasteiger partial charge in [0.05, 0.1) is 11.6 Å². The first kappa shape index (κ1) is 11.5. The van der Waals surface area contributed by atoms with Crippen LogP contribution in [0.3, 0.4) is 0 Å². The molecule has 1 aromatic rings. The Morgan fingerprint density at radius 3 is 2.39 bits per heavy atom. The van der Waals surface area contributed by atoms with Crippen molar-refractivity contribution in [2.24, 2.45) is 0 Å². The number of nitrogens with zero attached hydrogens (tertiary/aromatic N) is 3. The minimum Gasteiger partial charge on any atom is -0.368 e. The summed E-state index contributed by atoms with van der Waals surface area (Å²) >= 11 is 0. The van der Waals surface area contributed by atoms with Gasteiger partial charge in [-0.15, -0.1) is 0 Å². The zero-order valence-electron chi connectivity index (χ0n) is 10.5. The maximum Gasteiger partial charge on any atom is 0.0991 e. The molecule has 18 heavy (non-hydrogen) atoms. The van der Waals surface area contributed by atoms with Crippen molar-refractivity contribution in [1.29, 1.82) is 5.26 Å². The topological polar surface area (TPSA) is 42.3 Å². The van der Waals surface area contributed by atoms with E-state index in [4.69, 9.17) is 5.26 Å². The van der Waals surface area contributed by atoms with E-state index in [9.17, 15) is 0 Å². The summed E-state index contributed by atoms with van der Waals surface area (Å²) < 4.78 is 0. The average Bonchev–Trinajstić information content (AvgIpc) is 2.39. The molecule has 2 fully saturated rings. The molecule has 0 unspecified atom stereocenters. The minimum absolute atomic E-state index is 0.711. The second kappa shape index (κ2) is 4.97. The summed E-state index contributed by atoms with van der Waals surface area (Å²) in [6.45, 7) is 6.82. The largest absolute Gasteiger partial charge is 0.368 e. The van der Waals surface area contributed by atoms with Gasteiger partial charge in [0.15, 0.2) is 0 Å². The lowest BCUT2D eigenvalue weighted by molar-refractivity contribution is 0.147. The highest BCUT2D eigenvalue weighted by Gasteiger charge is 2.32. The van der Waals surface area contributed by atoms with Crippen molar-refractivity contribution in [2.45, 2.75) is 6.04 Å². The molecular weight excluding hydrogens is 224 g/mol. The normalized spacial score (nSPS) is 21.4. The Labute approximate surface area is 108 Å². The predicted molar refractivity (Wildman–Crippen MR) is 71.6 cm³/mol. The van der Waals surface area contributed by atoms with Gasteiger partial charge in [-0.3, -0.25) is 4.90 Å². The van der Waals surface area contributed by atoms with Gasteiger partial charge in [0, 0.05) is 51.0 Å². The van der Waals surface area contributed by atoms with Crippen molar-refractivity contribution in [3.8, 4) is 6.07 Å². The second-order valence-electron chi connectivity index (χ2n) is 5.00. The molecule has 4 nitrogen and oxygen atoms in total. The third-order valence-electron chi connectivity index (χ3n) is 3.89. The lowest BCUT2D eigenvalue weighted by Gasteiger charge is -2.48. The highest BCUT2D eigenvalue weighted by atomic mass is 15.3. The molecule has 2 saturated heterocycles. The molecule has 2 aliphatic heterocycles. The first-order valence-electron chi connectivity index (χ1n) is 6.57. The summed E-state index contributed by atoms with van der Waals surface area (Å²) in [6.07, 6.45) is 0. The lowest BCUT2D eigenvalue weighted by atomic mass is 10.0. The Morgan fingerprint density at radius 2 is 1.78 bits per heavy atom. The highest BCUT2D eigenvalue weighted by Crippen LogP contribution is 2.24. The van der Waals surface area contributed by atoms with Crippen LogP contribution in [0.5, 0.6) is 0 Å². The molecule has 1 aromatic carbocycles. The van der Waals surface area contributed by atoms with E-state index in [-0.39, 0.29) is 0 Å². The first-order chi connectivity index (χ1) is 8.86. The fourth-order valence-electron chi connectivity index (χ4n) is 2.69. The van der Waals surface area contributed by atoms with E-state index in [0.717, 1.165) is 31.7 Å². The van der Waals surface area contributed by atoms with E-state index in [1.165, 1.54) is 18.8 Å². The fourth-order valence-corrected chi connectivity index (χ4v) is 2.69. The zero-order chi connectivity index (χ0) is 12.4. The maximum absolute atomic E-state index is 8.77. The number of rotatable bonds is 2. The Morgan fingerprint density at radius 1 is 1.11 bits per heavy atom. The quantitative estimate of drug-likeness (QED) is 0.827. The summed E-state index contributed by atoms with van der Waals surface area (Å²) in [5, 5.41) is 12.2. The molecule has 1 N–H and O–H groups in total. The number of anilines is 1. The van der Waals surface area contributed by atoms with Crippen LogP contribution in [0.15, 0.2) is 24.3 Å². The molecule has 2 heterocycles. The number of piperazine rings is 1. The Kier molecular flexibility index (Phi) is 3.18. The lowest BCUT2D eigenvalue weighted by Crippen LogP contribution is -2.62. The highest BCUT2D eigenvalue weighted by molar-refractivity contribution is 5.52. The molecule has 4 heteroatoms. The Bertz CT molecular complexity index is 436. The van der Waals surface area contributed by atoms with Crippen molar-refractivity contribution in [1.82, 2.24) is 10.2 Å². The van der Waals surface area contributed by atoms with Gasteiger partial charge >= 0.3 is 0 Å². The molecular formula is C14H18N4. The number of nitrogens with one attached hydrogen (secondary N) is 1. The fraction of sp³-hybridized carbons (Fsp3) is 0.500. The van der Waals surface area contributed by atoms with Gasteiger partial charge in [-0.05, 0) is 24.3 Å². The van der Waals surface area contributed by atoms with Crippen LogP contribution in [-0.4, -0.2) is 50.2 Å². The van der Waals surface area contributed by atoms with Gasteiger partial charge < -0.3 is 10.2 Å². The molecule has 3 rings (SSSR count). The van der Waals surface area contributed by atoms with Gasteiger partial charge in [-0.2, -0.15) is 5.26 Å². The molecule has 0 spiro atoms. The van der Waals surface area contributed by atoms with Crippen molar-refractivity contribution in [3.05, 3.63) is 29.8 Å². The van der Waals surface area contributed by atoms with E-state index in [1.54, 1.807) is 0 Å². The van der Waals surface area contributed by atoms with Crippen LogP contribution in [0.2, 0.25) is 0 Å². The molecule has 0 aliphatic carbocycles. The van der Waals surface area contributed by atoms with Crippen LogP contribution < -0.4 is 10.2 Å². The molecule has 2 aliphatic rings. The maximum atomic E-state index is 8.77. The number of benzene rings is 1. The van der Waals surface area contributed by atoms with Crippen molar-refractivity contribution < 1.29 is 0 Å². The summed E-state index contributed by atoms with van der Waals surface area (Å²) in [4.78, 5) is 4.96. The summed E-state index contributed by atoms with van der Waals surface area (Å²) in [5.74, 6) is 0. The molecule has 94 valence electrons. The van der Waals surface area contributed by atoms with Crippen molar-refractivity contribution >= 4 is 5.69 Å². The van der Waals surface area contributed by atoms with Crippen LogP contribution >= 0.6 is 0 Å². The first-order valence-corrected chi connectivity index (χ1v) is 6.57. The van der Waals surface area contributed by atoms with Crippen LogP contribution in [0.1, 0.15) is 5.56 Å². The van der Waals surface area contributed by atoms with Gasteiger partial charge in [0.2, 0.25) is 0 Å². The van der Waals surface area contributed by atoms with Gasteiger partial charge in [0.25, 0.3) is 0 Å².